The lowest BCUT2D eigenvalue weighted by Crippen LogP contribution is -1.80. The molecular formula is C7H5Cl2I. The summed E-state index contributed by atoms with van der Waals surface area (Å²) < 4.78 is 1.11. The summed E-state index contributed by atoms with van der Waals surface area (Å²) in [5.74, 6) is 0. The quantitative estimate of drug-likeness (QED) is 0.635. The van der Waals surface area contributed by atoms with Crippen molar-refractivity contribution in [3.63, 3.8) is 0 Å². The molecule has 0 saturated carbocycles. The molecule has 0 nitrogen and oxygen atoms in total. The van der Waals surface area contributed by atoms with Gasteiger partial charge in [-0.2, -0.15) is 0 Å². The molecule has 0 aliphatic rings. The molecule has 0 atom stereocenters. The maximum Gasteiger partial charge on any atom is 0.0460 e. The van der Waals surface area contributed by atoms with Crippen molar-refractivity contribution in [1.29, 1.82) is 0 Å². The summed E-state index contributed by atoms with van der Waals surface area (Å²) in [7, 11) is 0. The first-order chi connectivity index (χ1) is 4.61. The third-order valence-corrected chi connectivity index (χ3v) is 2.98. The Labute approximate surface area is 83.7 Å². The van der Waals surface area contributed by atoms with Gasteiger partial charge in [0.1, 0.15) is 0 Å². The highest BCUT2D eigenvalue weighted by molar-refractivity contribution is 14.1. The van der Waals surface area contributed by atoms with Crippen molar-refractivity contribution < 1.29 is 0 Å². The number of halogens is 3. The Hall–Kier alpha value is 0.530. The number of hydrogen-bond donors (Lipinski definition) is 0. The third kappa shape index (κ3) is 1.77. The van der Waals surface area contributed by atoms with Crippen molar-refractivity contribution in [3.8, 4) is 0 Å². The zero-order chi connectivity index (χ0) is 7.72. The minimum atomic E-state index is 0.694. The monoisotopic (exact) mass is 286 g/mol. The molecule has 1 aromatic carbocycles. The molecule has 54 valence electrons. The van der Waals surface area contributed by atoms with E-state index in [1.807, 2.05) is 13.0 Å². The van der Waals surface area contributed by atoms with Crippen LogP contribution in [0, 0.1) is 10.5 Å². The lowest BCUT2D eigenvalue weighted by Gasteiger charge is -2.00. The van der Waals surface area contributed by atoms with Crippen LogP contribution in [-0.2, 0) is 0 Å². The van der Waals surface area contributed by atoms with Crippen LogP contribution in [0.2, 0.25) is 10.0 Å². The van der Waals surface area contributed by atoms with Gasteiger partial charge in [-0.1, -0.05) is 23.2 Å². The zero-order valence-electron chi connectivity index (χ0n) is 5.29. The minimum Gasteiger partial charge on any atom is -0.0842 e. The molecule has 1 rings (SSSR count). The Bertz CT molecular complexity index is 235. The zero-order valence-corrected chi connectivity index (χ0v) is 8.96. The third-order valence-electron chi connectivity index (χ3n) is 1.25. The van der Waals surface area contributed by atoms with Crippen molar-refractivity contribution >= 4 is 45.8 Å². The van der Waals surface area contributed by atoms with Gasteiger partial charge in [0.15, 0.2) is 0 Å². The van der Waals surface area contributed by atoms with Gasteiger partial charge >= 0.3 is 0 Å². The van der Waals surface area contributed by atoms with Gasteiger partial charge in [-0.05, 0) is 47.2 Å². The second kappa shape index (κ2) is 3.28. The first-order valence-corrected chi connectivity index (χ1v) is 4.56. The van der Waals surface area contributed by atoms with Gasteiger partial charge in [-0.25, -0.2) is 0 Å². The summed E-state index contributed by atoms with van der Waals surface area (Å²) in [6, 6.07) is 3.64. The molecule has 0 bridgehead atoms. The topological polar surface area (TPSA) is 0 Å². The van der Waals surface area contributed by atoms with Gasteiger partial charge < -0.3 is 0 Å². The van der Waals surface area contributed by atoms with Gasteiger partial charge in [0, 0.05) is 13.6 Å². The van der Waals surface area contributed by atoms with Crippen LogP contribution in [0.25, 0.3) is 0 Å². The minimum absolute atomic E-state index is 0.694. The molecule has 1 aromatic rings. The molecule has 0 radical (unpaired) electrons. The van der Waals surface area contributed by atoms with Crippen LogP contribution in [0.15, 0.2) is 12.1 Å². The highest BCUT2D eigenvalue weighted by Crippen LogP contribution is 2.25. The molecule has 0 aliphatic carbocycles. The Kier molecular flexibility index (Phi) is 2.83. The molecular weight excluding hydrogens is 282 g/mol. The lowest BCUT2D eigenvalue weighted by molar-refractivity contribution is 1.43. The Morgan fingerprint density at radius 2 is 1.90 bits per heavy atom. The van der Waals surface area contributed by atoms with E-state index in [0.29, 0.717) is 5.02 Å². The fourth-order valence-electron chi connectivity index (χ4n) is 0.614. The molecule has 3 heteroatoms. The van der Waals surface area contributed by atoms with E-state index in [1.54, 1.807) is 6.07 Å². The Morgan fingerprint density at radius 3 is 2.40 bits per heavy atom. The highest BCUT2D eigenvalue weighted by Gasteiger charge is 2.00. The summed E-state index contributed by atoms with van der Waals surface area (Å²) in [6.07, 6.45) is 0. The first-order valence-electron chi connectivity index (χ1n) is 2.72. The van der Waals surface area contributed by atoms with E-state index in [4.69, 9.17) is 23.2 Å². The van der Waals surface area contributed by atoms with E-state index in [0.717, 1.165) is 14.2 Å². The van der Waals surface area contributed by atoms with Gasteiger partial charge in [-0.3, -0.25) is 0 Å². The van der Waals surface area contributed by atoms with Crippen LogP contribution in [0.4, 0.5) is 0 Å². The molecule has 0 amide bonds. The lowest BCUT2D eigenvalue weighted by atomic mass is 10.2. The van der Waals surface area contributed by atoms with Crippen LogP contribution in [0.5, 0.6) is 0 Å². The van der Waals surface area contributed by atoms with Gasteiger partial charge in [0.25, 0.3) is 0 Å². The smallest absolute Gasteiger partial charge is 0.0460 e. The summed E-state index contributed by atoms with van der Waals surface area (Å²) in [5, 5.41) is 1.43. The van der Waals surface area contributed by atoms with Crippen molar-refractivity contribution in [1.82, 2.24) is 0 Å². The first kappa shape index (κ1) is 8.62. The normalized spacial score (nSPS) is 10.0. The predicted octanol–water partition coefficient (Wildman–Crippen LogP) is 3.91. The van der Waals surface area contributed by atoms with E-state index >= 15 is 0 Å². The maximum atomic E-state index is 5.83. The van der Waals surface area contributed by atoms with Crippen LogP contribution < -0.4 is 0 Å². The fraction of sp³-hybridized carbons (Fsp3) is 0.143. The van der Waals surface area contributed by atoms with Crippen LogP contribution in [-0.4, -0.2) is 0 Å². The molecule has 0 aliphatic heterocycles. The molecule has 0 spiro atoms. The highest BCUT2D eigenvalue weighted by atomic mass is 127. The molecule has 0 unspecified atom stereocenters. The van der Waals surface area contributed by atoms with Gasteiger partial charge in [0.2, 0.25) is 0 Å². The molecule has 0 saturated heterocycles. The Morgan fingerprint density at radius 1 is 1.30 bits per heavy atom. The van der Waals surface area contributed by atoms with Gasteiger partial charge in [-0.15, -0.1) is 0 Å². The standard InChI is InChI=1S/C7H5Cl2I/c1-4-6(9)2-5(8)3-7(4)10/h2-3H,1H3. The Balaban J connectivity index is 3.31. The number of rotatable bonds is 0. The van der Waals surface area contributed by atoms with E-state index in [-0.39, 0.29) is 0 Å². The van der Waals surface area contributed by atoms with Crippen molar-refractivity contribution in [2.75, 3.05) is 0 Å². The van der Waals surface area contributed by atoms with Gasteiger partial charge in [0.05, 0.1) is 0 Å². The molecule has 10 heavy (non-hydrogen) atoms. The van der Waals surface area contributed by atoms with Crippen LogP contribution in [0.3, 0.4) is 0 Å². The number of benzene rings is 1. The summed E-state index contributed by atoms with van der Waals surface area (Å²) in [4.78, 5) is 0. The summed E-state index contributed by atoms with van der Waals surface area (Å²) >= 11 is 13.8. The van der Waals surface area contributed by atoms with Crippen LogP contribution in [0.1, 0.15) is 5.56 Å². The molecule has 0 heterocycles. The van der Waals surface area contributed by atoms with Crippen LogP contribution >= 0.6 is 45.8 Å². The van der Waals surface area contributed by atoms with Crippen molar-refractivity contribution in [3.05, 3.63) is 31.3 Å². The SMILES string of the molecule is Cc1c(Cl)cc(Cl)cc1I. The molecule has 0 fully saturated rings. The van der Waals surface area contributed by atoms with E-state index in [2.05, 4.69) is 22.6 Å². The van der Waals surface area contributed by atoms with Crippen molar-refractivity contribution in [2.24, 2.45) is 0 Å². The van der Waals surface area contributed by atoms with E-state index < -0.39 is 0 Å². The van der Waals surface area contributed by atoms with E-state index in [9.17, 15) is 0 Å². The summed E-state index contributed by atoms with van der Waals surface area (Å²) in [6.45, 7) is 1.97. The average molecular weight is 287 g/mol. The molecule has 0 N–H and O–H groups in total. The fourth-order valence-corrected chi connectivity index (χ4v) is 2.08. The van der Waals surface area contributed by atoms with Crippen molar-refractivity contribution in [2.45, 2.75) is 6.92 Å². The average Bonchev–Trinajstić information content (AvgIpc) is 1.82. The molecule has 0 aromatic heterocycles. The summed E-state index contributed by atoms with van der Waals surface area (Å²) in [5.41, 5.74) is 1.09. The largest absolute Gasteiger partial charge is 0.0842 e. The van der Waals surface area contributed by atoms with E-state index in [1.165, 1.54) is 0 Å². The second-order valence-electron chi connectivity index (χ2n) is 1.99. The predicted molar refractivity (Wildman–Crippen MR) is 53.9 cm³/mol. The maximum absolute atomic E-state index is 5.83. The number of hydrogen-bond acceptors (Lipinski definition) is 0. The second-order valence-corrected chi connectivity index (χ2v) is 4.00.